The van der Waals surface area contributed by atoms with Crippen LogP contribution in [0.4, 0.5) is 0 Å². The Bertz CT molecular complexity index is 649. The number of nitrogens with one attached hydrogen (secondary N) is 1. The Hall–Kier alpha value is -1.49. The summed E-state index contributed by atoms with van der Waals surface area (Å²) in [6.45, 7) is 0. The molecule has 4 nitrogen and oxygen atoms in total. The number of halogens is 1. The minimum Gasteiger partial charge on any atom is -0.268 e. The molecule has 1 N–H and O–H groups in total. The van der Waals surface area contributed by atoms with E-state index in [0.29, 0.717) is 0 Å². The van der Waals surface area contributed by atoms with Gasteiger partial charge in [0.05, 0.1) is 5.69 Å². The monoisotopic (exact) mass is 319 g/mol. The lowest BCUT2D eigenvalue weighted by Gasteiger charge is -2.17. The lowest BCUT2D eigenvalue weighted by atomic mass is 9.90. The number of pyridine rings is 1. The lowest BCUT2D eigenvalue weighted by molar-refractivity contribution is 0.655. The van der Waals surface area contributed by atoms with Gasteiger partial charge < -0.3 is 0 Å². The zero-order valence-electron chi connectivity index (χ0n) is 10.4. The van der Waals surface area contributed by atoms with E-state index in [-0.39, 0.29) is 5.56 Å². The lowest BCUT2D eigenvalue weighted by Crippen LogP contribution is -2.23. The fourth-order valence-corrected chi connectivity index (χ4v) is 2.81. The number of nitrogens with zero attached hydrogens (tertiary/aromatic N) is 2. The maximum absolute atomic E-state index is 11.8. The number of aromatic amines is 1. The smallest absolute Gasteiger partial charge is 0.267 e. The van der Waals surface area contributed by atoms with Crippen molar-refractivity contribution in [1.29, 1.82) is 0 Å². The molecule has 0 atom stereocenters. The van der Waals surface area contributed by atoms with Gasteiger partial charge in [-0.1, -0.05) is 6.07 Å². The molecule has 0 saturated heterocycles. The van der Waals surface area contributed by atoms with Crippen molar-refractivity contribution in [1.82, 2.24) is 15.2 Å². The number of fused-ring (bicyclic) bond motifs is 1. The van der Waals surface area contributed by atoms with Crippen molar-refractivity contribution >= 4 is 15.9 Å². The first-order valence-electron chi connectivity index (χ1n) is 6.44. The van der Waals surface area contributed by atoms with Gasteiger partial charge in [-0.25, -0.2) is 10.1 Å². The first-order valence-corrected chi connectivity index (χ1v) is 7.23. The van der Waals surface area contributed by atoms with Gasteiger partial charge in [0.25, 0.3) is 5.56 Å². The summed E-state index contributed by atoms with van der Waals surface area (Å²) in [5, 5.41) is 6.86. The van der Waals surface area contributed by atoms with Gasteiger partial charge >= 0.3 is 0 Å². The Morgan fingerprint density at radius 1 is 1.21 bits per heavy atom. The van der Waals surface area contributed by atoms with Gasteiger partial charge in [-0.2, -0.15) is 5.10 Å². The highest BCUT2D eigenvalue weighted by Gasteiger charge is 2.17. The molecule has 19 heavy (non-hydrogen) atoms. The second-order valence-corrected chi connectivity index (χ2v) is 5.64. The molecule has 1 aliphatic rings. The van der Waals surface area contributed by atoms with Crippen LogP contribution in [0.15, 0.2) is 27.7 Å². The second kappa shape index (κ2) is 5.25. The van der Waals surface area contributed by atoms with E-state index in [1.54, 1.807) is 0 Å². The highest BCUT2D eigenvalue weighted by atomic mass is 79.9. The Morgan fingerprint density at radius 3 is 2.74 bits per heavy atom. The number of hydrogen-bond acceptors (Lipinski definition) is 3. The van der Waals surface area contributed by atoms with Crippen LogP contribution in [0.25, 0.3) is 0 Å². The molecule has 2 heterocycles. The van der Waals surface area contributed by atoms with Crippen molar-refractivity contribution in [3.8, 4) is 0 Å². The molecular formula is C14H14BrN3O. The highest BCUT2D eigenvalue weighted by Crippen LogP contribution is 2.22. The van der Waals surface area contributed by atoms with E-state index in [0.717, 1.165) is 59.1 Å². The predicted molar refractivity (Wildman–Crippen MR) is 76.2 cm³/mol. The van der Waals surface area contributed by atoms with Crippen LogP contribution in [0.5, 0.6) is 0 Å². The Balaban J connectivity index is 1.97. The van der Waals surface area contributed by atoms with Gasteiger partial charge in [0.1, 0.15) is 4.60 Å². The van der Waals surface area contributed by atoms with Crippen LogP contribution >= 0.6 is 15.9 Å². The quantitative estimate of drug-likeness (QED) is 0.865. The summed E-state index contributed by atoms with van der Waals surface area (Å²) in [4.78, 5) is 16.0. The number of rotatable bonds is 2. The molecule has 0 radical (unpaired) electrons. The highest BCUT2D eigenvalue weighted by molar-refractivity contribution is 9.10. The third kappa shape index (κ3) is 2.61. The SMILES string of the molecule is O=c1[nH]nc(Cc2ccc(Br)nc2)c2c1CCCC2. The Morgan fingerprint density at radius 2 is 2.00 bits per heavy atom. The molecule has 0 fully saturated rings. The van der Waals surface area contributed by atoms with E-state index in [1.807, 2.05) is 18.3 Å². The normalized spacial score (nSPS) is 14.2. The third-order valence-corrected chi connectivity index (χ3v) is 4.01. The van der Waals surface area contributed by atoms with Crippen LogP contribution in [0.3, 0.4) is 0 Å². The molecule has 0 amide bonds. The summed E-state index contributed by atoms with van der Waals surface area (Å²) >= 11 is 3.33. The molecule has 3 rings (SSSR count). The van der Waals surface area contributed by atoms with Crippen LogP contribution in [0, 0.1) is 0 Å². The van der Waals surface area contributed by atoms with Crippen molar-refractivity contribution < 1.29 is 0 Å². The fourth-order valence-electron chi connectivity index (χ4n) is 2.58. The van der Waals surface area contributed by atoms with Crippen molar-refractivity contribution in [3.63, 3.8) is 0 Å². The van der Waals surface area contributed by atoms with Crippen molar-refractivity contribution in [2.75, 3.05) is 0 Å². The molecular weight excluding hydrogens is 306 g/mol. The van der Waals surface area contributed by atoms with Crippen LogP contribution < -0.4 is 5.56 Å². The van der Waals surface area contributed by atoms with Crippen molar-refractivity contribution in [3.05, 3.63) is 55.7 Å². The Kier molecular flexibility index (Phi) is 3.46. The van der Waals surface area contributed by atoms with E-state index in [1.165, 1.54) is 0 Å². The van der Waals surface area contributed by atoms with Gasteiger partial charge in [-0.3, -0.25) is 4.79 Å². The molecule has 0 bridgehead atoms. The standard InChI is InChI=1S/C14H14BrN3O/c15-13-6-5-9(8-16-13)7-12-10-3-1-2-4-11(10)14(19)18-17-12/h5-6,8H,1-4,7H2,(H,18,19). The molecule has 2 aromatic rings. The predicted octanol–water partition coefficient (Wildman–Crippen LogP) is 2.40. The summed E-state index contributed by atoms with van der Waals surface area (Å²) in [5.74, 6) is 0. The third-order valence-electron chi connectivity index (χ3n) is 3.54. The fraction of sp³-hybridized carbons (Fsp3) is 0.357. The molecule has 1 aliphatic carbocycles. The molecule has 0 saturated carbocycles. The molecule has 0 unspecified atom stereocenters. The molecule has 0 spiro atoms. The Labute approximate surface area is 119 Å². The van der Waals surface area contributed by atoms with Crippen LogP contribution in [0.1, 0.15) is 35.2 Å². The van der Waals surface area contributed by atoms with E-state index in [4.69, 9.17) is 0 Å². The number of H-pyrrole nitrogens is 1. The minimum absolute atomic E-state index is 0.0209. The van der Waals surface area contributed by atoms with Gasteiger partial charge in [-0.15, -0.1) is 0 Å². The maximum Gasteiger partial charge on any atom is 0.267 e. The average molecular weight is 320 g/mol. The average Bonchev–Trinajstić information content (AvgIpc) is 2.45. The molecule has 2 aromatic heterocycles. The number of aromatic nitrogens is 3. The van der Waals surface area contributed by atoms with E-state index in [9.17, 15) is 4.79 Å². The molecule has 98 valence electrons. The van der Waals surface area contributed by atoms with E-state index in [2.05, 4.69) is 31.1 Å². The summed E-state index contributed by atoms with van der Waals surface area (Å²) < 4.78 is 0.827. The van der Waals surface area contributed by atoms with Crippen LogP contribution in [-0.2, 0) is 19.3 Å². The summed E-state index contributed by atoms with van der Waals surface area (Å²) in [6, 6.07) is 3.95. The molecule has 5 heteroatoms. The van der Waals surface area contributed by atoms with Crippen LogP contribution in [0.2, 0.25) is 0 Å². The maximum atomic E-state index is 11.8. The minimum atomic E-state index is -0.0209. The van der Waals surface area contributed by atoms with Gasteiger partial charge in [-0.05, 0) is 58.8 Å². The van der Waals surface area contributed by atoms with Gasteiger partial charge in [0.2, 0.25) is 0 Å². The van der Waals surface area contributed by atoms with Gasteiger partial charge in [0, 0.05) is 18.2 Å². The molecule has 0 aliphatic heterocycles. The molecule has 0 aromatic carbocycles. The van der Waals surface area contributed by atoms with Gasteiger partial charge in [0.15, 0.2) is 0 Å². The first kappa shape index (κ1) is 12.5. The largest absolute Gasteiger partial charge is 0.268 e. The van der Waals surface area contributed by atoms with Crippen LogP contribution in [-0.4, -0.2) is 15.2 Å². The number of hydrogen-bond donors (Lipinski definition) is 1. The topological polar surface area (TPSA) is 58.6 Å². The summed E-state index contributed by atoms with van der Waals surface area (Å²) in [7, 11) is 0. The van der Waals surface area contributed by atoms with Crippen molar-refractivity contribution in [2.24, 2.45) is 0 Å². The zero-order chi connectivity index (χ0) is 13.2. The summed E-state index contributed by atoms with van der Waals surface area (Å²) in [5.41, 5.74) is 4.15. The first-order chi connectivity index (χ1) is 9.24. The van der Waals surface area contributed by atoms with E-state index < -0.39 is 0 Å². The zero-order valence-corrected chi connectivity index (χ0v) is 12.0. The van der Waals surface area contributed by atoms with Crippen molar-refractivity contribution in [2.45, 2.75) is 32.1 Å². The second-order valence-electron chi connectivity index (χ2n) is 4.83. The summed E-state index contributed by atoms with van der Waals surface area (Å²) in [6.07, 6.45) is 6.64. The van der Waals surface area contributed by atoms with E-state index >= 15 is 0 Å².